The lowest BCUT2D eigenvalue weighted by atomic mass is 10.1. The van der Waals surface area contributed by atoms with Gasteiger partial charge in [-0.2, -0.15) is 5.26 Å². The van der Waals surface area contributed by atoms with Crippen molar-refractivity contribution in [3.63, 3.8) is 0 Å². The minimum Gasteiger partial charge on any atom is -0.336 e. The first kappa shape index (κ1) is 14.0. The van der Waals surface area contributed by atoms with Crippen molar-refractivity contribution in [3.05, 3.63) is 64.4 Å². The Bertz CT molecular complexity index is 662. The lowest BCUT2D eigenvalue weighted by Gasteiger charge is -2.16. The quantitative estimate of drug-likeness (QED) is 0.815. The summed E-state index contributed by atoms with van der Waals surface area (Å²) in [7, 11) is 1.70. The van der Waals surface area contributed by atoms with Crippen LogP contribution in [0.4, 0.5) is 0 Å². The van der Waals surface area contributed by atoms with Gasteiger partial charge in [-0.05, 0) is 29.8 Å². The van der Waals surface area contributed by atoms with Crippen LogP contribution in [0.15, 0.2) is 42.5 Å². The number of nitrogens with zero attached hydrogens (tertiary/aromatic N) is 3. The fourth-order valence-corrected chi connectivity index (χ4v) is 1.92. The molecule has 0 N–H and O–H groups in total. The molecule has 0 aliphatic rings. The highest BCUT2D eigenvalue weighted by Crippen LogP contribution is 2.10. The maximum absolute atomic E-state index is 12.2. The molecule has 0 unspecified atom stereocenters. The van der Waals surface area contributed by atoms with E-state index in [-0.39, 0.29) is 5.91 Å². The summed E-state index contributed by atoms with van der Waals surface area (Å²) in [5, 5.41) is 9.03. The Balaban J connectivity index is 2.09. The van der Waals surface area contributed by atoms with Gasteiger partial charge in [0, 0.05) is 13.6 Å². The third-order valence-corrected chi connectivity index (χ3v) is 2.99. The molecule has 1 aromatic heterocycles. The second-order valence-electron chi connectivity index (χ2n) is 4.32. The fraction of sp³-hybridized carbons (Fsp3) is 0.133. The van der Waals surface area contributed by atoms with E-state index in [1.54, 1.807) is 42.3 Å². The summed E-state index contributed by atoms with van der Waals surface area (Å²) in [6, 6.07) is 14.1. The Kier molecular flexibility index (Phi) is 4.34. The molecule has 0 atom stereocenters. The van der Waals surface area contributed by atoms with E-state index in [9.17, 15) is 4.79 Å². The summed E-state index contributed by atoms with van der Waals surface area (Å²) in [6.45, 7) is 0.443. The third-order valence-electron chi connectivity index (χ3n) is 2.78. The summed E-state index contributed by atoms with van der Waals surface area (Å²) < 4.78 is 0. The van der Waals surface area contributed by atoms with Gasteiger partial charge in [-0.3, -0.25) is 4.79 Å². The molecular weight excluding hydrogens is 274 g/mol. The van der Waals surface area contributed by atoms with Crippen LogP contribution < -0.4 is 0 Å². The van der Waals surface area contributed by atoms with E-state index in [4.69, 9.17) is 16.9 Å². The smallest absolute Gasteiger partial charge is 0.272 e. The van der Waals surface area contributed by atoms with Crippen molar-refractivity contribution in [3.8, 4) is 6.07 Å². The summed E-state index contributed by atoms with van der Waals surface area (Å²) >= 11 is 5.77. The first-order valence-electron chi connectivity index (χ1n) is 5.97. The van der Waals surface area contributed by atoms with Gasteiger partial charge in [-0.25, -0.2) is 4.98 Å². The van der Waals surface area contributed by atoms with Gasteiger partial charge in [-0.1, -0.05) is 29.8 Å². The highest BCUT2D eigenvalue weighted by molar-refractivity contribution is 6.29. The number of amides is 1. The van der Waals surface area contributed by atoms with Gasteiger partial charge < -0.3 is 4.90 Å². The van der Waals surface area contributed by atoms with Crippen LogP contribution >= 0.6 is 11.6 Å². The number of pyridine rings is 1. The third kappa shape index (κ3) is 3.34. The van der Waals surface area contributed by atoms with Crippen molar-refractivity contribution < 1.29 is 4.79 Å². The van der Waals surface area contributed by atoms with Crippen molar-refractivity contribution in [2.75, 3.05) is 7.05 Å². The zero-order valence-electron chi connectivity index (χ0n) is 10.9. The minimum atomic E-state index is -0.197. The second kappa shape index (κ2) is 6.18. The van der Waals surface area contributed by atoms with E-state index < -0.39 is 0 Å². The fourth-order valence-electron chi connectivity index (χ4n) is 1.75. The summed E-state index contributed by atoms with van der Waals surface area (Å²) in [4.78, 5) is 17.7. The SMILES string of the molecule is CN(Cc1ccc(C#N)cc1)C(=O)c1cccc(Cl)n1. The zero-order chi connectivity index (χ0) is 14.5. The maximum Gasteiger partial charge on any atom is 0.272 e. The number of rotatable bonds is 3. The Morgan fingerprint density at radius 3 is 2.60 bits per heavy atom. The molecule has 5 heteroatoms. The van der Waals surface area contributed by atoms with Crippen molar-refractivity contribution in [1.82, 2.24) is 9.88 Å². The molecule has 0 radical (unpaired) electrons. The molecule has 2 rings (SSSR count). The first-order valence-corrected chi connectivity index (χ1v) is 6.35. The number of carbonyl (C=O) groups is 1. The van der Waals surface area contributed by atoms with Crippen LogP contribution in [0.1, 0.15) is 21.6 Å². The molecule has 0 fully saturated rings. The Labute approximate surface area is 122 Å². The highest BCUT2D eigenvalue weighted by Gasteiger charge is 2.13. The van der Waals surface area contributed by atoms with Crippen LogP contribution in [0, 0.1) is 11.3 Å². The molecule has 0 bridgehead atoms. The Morgan fingerprint density at radius 1 is 1.30 bits per heavy atom. The predicted octanol–water partition coefficient (Wildman–Crippen LogP) is 2.88. The van der Waals surface area contributed by atoms with Crippen molar-refractivity contribution in [2.45, 2.75) is 6.54 Å². The summed E-state index contributed by atoms with van der Waals surface area (Å²) in [6.07, 6.45) is 0. The molecule has 1 heterocycles. The van der Waals surface area contributed by atoms with Gasteiger partial charge in [0.1, 0.15) is 10.8 Å². The number of benzene rings is 1. The molecule has 0 aliphatic heterocycles. The van der Waals surface area contributed by atoms with Gasteiger partial charge >= 0.3 is 0 Å². The topological polar surface area (TPSA) is 57.0 Å². The van der Waals surface area contributed by atoms with Gasteiger partial charge in [-0.15, -0.1) is 0 Å². The standard InChI is InChI=1S/C15H12ClN3O/c1-19(10-12-7-5-11(9-17)6-8-12)15(20)13-3-2-4-14(16)18-13/h2-8H,10H2,1H3. The van der Waals surface area contributed by atoms with E-state index in [1.807, 2.05) is 12.1 Å². The van der Waals surface area contributed by atoms with E-state index in [0.717, 1.165) is 5.56 Å². The minimum absolute atomic E-state index is 0.197. The Morgan fingerprint density at radius 2 is 2.00 bits per heavy atom. The molecule has 1 aromatic carbocycles. The molecule has 0 saturated carbocycles. The van der Waals surface area contributed by atoms with Gasteiger partial charge in [0.15, 0.2) is 0 Å². The van der Waals surface area contributed by atoms with Crippen molar-refractivity contribution >= 4 is 17.5 Å². The van der Waals surface area contributed by atoms with Crippen LogP contribution in [0.2, 0.25) is 5.15 Å². The number of carbonyl (C=O) groups excluding carboxylic acids is 1. The summed E-state index contributed by atoms with van der Waals surface area (Å²) in [5.41, 5.74) is 1.86. The van der Waals surface area contributed by atoms with E-state index in [1.165, 1.54) is 0 Å². The lowest BCUT2D eigenvalue weighted by molar-refractivity contribution is 0.0779. The monoisotopic (exact) mass is 285 g/mol. The predicted molar refractivity (Wildman–Crippen MR) is 76.2 cm³/mol. The van der Waals surface area contributed by atoms with Crippen LogP contribution in [0.3, 0.4) is 0 Å². The number of hydrogen-bond donors (Lipinski definition) is 0. The normalized spacial score (nSPS) is 9.85. The van der Waals surface area contributed by atoms with Crippen molar-refractivity contribution in [2.24, 2.45) is 0 Å². The van der Waals surface area contributed by atoms with E-state index in [2.05, 4.69) is 11.1 Å². The van der Waals surface area contributed by atoms with Crippen LogP contribution in [-0.4, -0.2) is 22.8 Å². The van der Waals surface area contributed by atoms with Crippen LogP contribution in [0.5, 0.6) is 0 Å². The van der Waals surface area contributed by atoms with Crippen molar-refractivity contribution in [1.29, 1.82) is 5.26 Å². The molecule has 20 heavy (non-hydrogen) atoms. The lowest BCUT2D eigenvalue weighted by Crippen LogP contribution is -2.27. The molecule has 2 aromatic rings. The zero-order valence-corrected chi connectivity index (χ0v) is 11.6. The number of aromatic nitrogens is 1. The van der Waals surface area contributed by atoms with Gasteiger partial charge in [0.05, 0.1) is 11.6 Å². The number of hydrogen-bond acceptors (Lipinski definition) is 3. The first-order chi connectivity index (χ1) is 9.60. The maximum atomic E-state index is 12.2. The molecule has 4 nitrogen and oxygen atoms in total. The largest absolute Gasteiger partial charge is 0.336 e. The van der Waals surface area contributed by atoms with Gasteiger partial charge in [0.25, 0.3) is 5.91 Å². The van der Waals surface area contributed by atoms with E-state index >= 15 is 0 Å². The molecule has 1 amide bonds. The average molecular weight is 286 g/mol. The number of nitriles is 1. The van der Waals surface area contributed by atoms with E-state index in [0.29, 0.717) is 23.0 Å². The Hall–Kier alpha value is -2.38. The molecule has 0 aliphatic carbocycles. The molecular formula is C15H12ClN3O. The number of halogens is 1. The molecule has 0 saturated heterocycles. The van der Waals surface area contributed by atoms with Crippen LogP contribution in [-0.2, 0) is 6.54 Å². The van der Waals surface area contributed by atoms with Crippen LogP contribution in [0.25, 0.3) is 0 Å². The summed E-state index contributed by atoms with van der Waals surface area (Å²) in [5.74, 6) is -0.197. The average Bonchev–Trinajstić information content (AvgIpc) is 2.47. The molecule has 0 spiro atoms. The van der Waals surface area contributed by atoms with Gasteiger partial charge in [0.2, 0.25) is 0 Å². The second-order valence-corrected chi connectivity index (χ2v) is 4.70. The molecule has 100 valence electrons. The highest BCUT2D eigenvalue weighted by atomic mass is 35.5.